The standard InChI is InChI=1S/C12H23N5O2/c1-6-17(7-2)11-14-10(13-4)15-12(16-11)19-9(3)8-18-5/h9H,6-8H2,1-5H3,(H,13,14,15,16). The van der Waals surface area contributed by atoms with Crippen LogP contribution in [0.15, 0.2) is 0 Å². The average Bonchev–Trinajstić information content (AvgIpc) is 2.40. The summed E-state index contributed by atoms with van der Waals surface area (Å²) in [6, 6.07) is 0.311. The highest BCUT2D eigenvalue weighted by Gasteiger charge is 2.13. The van der Waals surface area contributed by atoms with Gasteiger partial charge in [-0.3, -0.25) is 0 Å². The molecule has 0 saturated heterocycles. The van der Waals surface area contributed by atoms with Crippen LogP contribution in [-0.4, -0.2) is 54.9 Å². The van der Waals surface area contributed by atoms with Crippen LogP contribution in [-0.2, 0) is 4.74 Å². The summed E-state index contributed by atoms with van der Waals surface area (Å²) >= 11 is 0. The van der Waals surface area contributed by atoms with E-state index in [4.69, 9.17) is 9.47 Å². The number of rotatable bonds is 8. The Labute approximate surface area is 114 Å². The first-order valence-electron chi connectivity index (χ1n) is 6.48. The lowest BCUT2D eigenvalue weighted by atomic mass is 10.4. The second kappa shape index (κ2) is 7.73. The second-order valence-electron chi connectivity index (χ2n) is 4.05. The van der Waals surface area contributed by atoms with E-state index in [1.807, 2.05) is 11.8 Å². The van der Waals surface area contributed by atoms with E-state index in [0.717, 1.165) is 13.1 Å². The van der Waals surface area contributed by atoms with Crippen molar-refractivity contribution < 1.29 is 9.47 Å². The SMILES string of the molecule is CCN(CC)c1nc(NC)nc(OC(C)COC)n1. The fourth-order valence-corrected chi connectivity index (χ4v) is 1.61. The van der Waals surface area contributed by atoms with Crippen molar-refractivity contribution in [3.8, 4) is 6.01 Å². The van der Waals surface area contributed by atoms with Gasteiger partial charge >= 0.3 is 6.01 Å². The number of ether oxygens (including phenoxy) is 2. The zero-order valence-electron chi connectivity index (χ0n) is 12.3. The Hall–Kier alpha value is -1.63. The summed E-state index contributed by atoms with van der Waals surface area (Å²) in [6.07, 6.45) is -0.110. The van der Waals surface area contributed by atoms with Crippen LogP contribution in [0.4, 0.5) is 11.9 Å². The van der Waals surface area contributed by atoms with E-state index >= 15 is 0 Å². The minimum atomic E-state index is -0.110. The van der Waals surface area contributed by atoms with Crippen LogP contribution < -0.4 is 15.0 Å². The summed E-state index contributed by atoms with van der Waals surface area (Å²) in [7, 11) is 3.40. The highest BCUT2D eigenvalue weighted by molar-refractivity contribution is 5.37. The fourth-order valence-electron chi connectivity index (χ4n) is 1.61. The lowest BCUT2D eigenvalue weighted by Crippen LogP contribution is -2.26. The van der Waals surface area contributed by atoms with E-state index in [0.29, 0.717) is 24.5 Å². The zero-order chi connectivity index (χ0) is 14.3. The van der Waals surface area contributed by atoms with Gasteiger partial charge in [-0.05, 0) is 20.8 Å². The number of anilines is 2. The van der Waals surface area contributed by atoms with E-state index < -0.39 is 0 Å². The molecule has 0 aliphatic carbocycles. The maximum absolute atomic E-state index is 5.62. The predicted octanol–water partition coefficient (Wildman–Crippen LogP) is 1.17. The highest BCUT2D eigenvalue weighted by Crippen LogP contribution is 2.15. The van der Waals surface area contributed by atoms with Crippen LogP contribution >= 0.6 is 0 Å². The van der Waals surface area contributed by atoms with Gasteiger partial charge in [0.05, 0.1) is 6.61 Å². The molecular weight excluding hydrogens is 246 g/mol. The molecule has 0 aromatic carbocycles. The Morgan fingerprint density at radius 2 is 1.89 bits per heavy atom. The van der Waals surface area contributed by atoms with Gasteiger partial charge < -0.3 is 19.7 Å². The minimum absolute atomic E-state index is 0.110. The van der Waals surface area contributed by atoms with Gasteiger partial charge in [0.1, 0.15) is 6.10 Å². The van der Waals surface area contributed by atoms with Gasteiger partial charge in [-0.2, -0.15) is 15.0 Å². The summed E-state index contributed by atoms with van der Waals surface area (Å²) in [5.41, 5.74) is 0. The third kappa shape index (κ3) is 4.51. The van der Waals surface area contributed by atoms with Crippen molar-refractivity contribution in [3.05, 3.63) is 0 Å². The summed E-state index contributed by atoms with van der Waals surface area (Å²) < 4.78 is 10.7. The summed E-state index contributed by atoms with van der Waals surface area (Å²) in [4.78, 5) is 14.9. The fraction of sp³-hybridized carbons (Fsp3) is 0.750. The van der Waals surface area contributed by atoms with Crippen LogP contribution in [0.25, 0.3) is 0 Å². The first-order valence-corrected chi connectivity index (χ1v) is 6.48. The molecule has 1 N–H and O–H groups in total. The Morgan fingerprint density at radius 3 is 2.42 bits per heavy atom. The number of nitrogens with zero attached hydrogens (tertiary/aromatic N) is 4. The largest absolute Gasteiger partial charge is 0.458 e. The number of hydrogen-bond acceptors (Lipinski definition) is 7. The van der Waals surface area contributed by atoms with Gasteiger partial charge in [-0.15, -0.1) is 0 Å². The molecule has 108 valence electrons. The molecule has 0 spiro atoms. The van der Waals surface area contributed by atoms with Crippen LogP contribution in [0.1, 0.15) is 20.8 Å². The molecule has 1 heterocycles. The lowest BCUT2D eigenvalue weighted by Gasteiger charge is -2.20. The Kier molecular flexibility index (Phi) is 6.27. The molecule has 0 saturated carbocycles. The van der Waals surface area contributed by atoms with Crippen LogP contribution in [0.5, 0.6) is 6.01 Å². The molecule has 1 aromatic heterocycles. The zero-order valence-corrected chi connectivity index (χ0v) is 12.3. The van der Waals surface area contributed by atoms with Gasteiger partial charge in [-0.1, -0.05) is 0 Å². The van der Waals surface area contributed by atoms with Crippen molar-refractivity contribution in [2.45, 2.75) is 26.9 Å². The maximum atomic E-state index is 5.62. The van der Waals surface area contributed by atoms with Gasteiger partial charge in [0, 0.05) is 27.2 Å². The summed E-state index contributed by atoms with van der Waals surface area (Å²) in [6.45, 7) is 8.17. The van der Waals surface area contributed by atoms with Crippen molar-refractivity contribution in [2.24, 2.45) is 0 Å². The molecule has 1 atom stereocenters. The second-order valence-corrected chi connectivity index (χ2v) is 4.05. The van der Waals surface area contributed by atoms with Gasteiger partial charge in [0.25, 0.3) is 0 Å². The molecule has 0 bridgehead atoms. The van der Waals surface area contributed by atoms with Crippen LogP contribution in [0, 0.1) is 0 Å². The normalized spacial score (nSPS) is 12.1. The van der Waals surface area contributed by atoms with Crippen molar-refractivity contribution >= 4 is 11.9 Å². The predicted molar refractivity (Wildman–Crippen MR) is 74.9 cm³/mol. The molecule has 0 aliphatic rings. The monoisotopic (exact) mass is 269 g/mol. The number of aromatic nitrogens is 3. The number of methoxy groups -OCH3 is 1. The number of hydrogen-bond donors (Lipinski definition) is 1. The van der Waals surface area contributed by atoms with Crippen LogP contribution in [0.3, 0.4) is 0 Å². The van der Waals surface area contributed by atoms with E-state index in [2.05, 4.69) is 34.1 Å². The molecule has 7 heteroatoms. The number of nitrogens with one attached hydrogen (secondary N) is 1. The van der Waals surface area contributed by atoms with Crippen molar-refractivity contribution in [1.82, 2.24) is 15.0 Å². The van der Waals surface area contributed by atoms with Crippen molar-refractivity contribution in [3.63, 3.8) is 0 Å². The molecular formula is C12H23N5O2. The molecule has 0 fully saturated rings. The molecule has 1 unspecified atom stereocenters. The highest BCUT2D eigenvalue weighted by atomic mass is 16.5. The van der Waals surface area contributed by atoms with Gasteiger partial charge in [0.15, 0.2) is 0 Å². The van der Waals surface area contributed by atoms with E-state index in [1.54, 1.807) is 14.2 Å². The topological polar surface area (TPSA) is 72.4 Å². The molecule has 0 aliphatic heterocycles. The Balaban J connectivity index is 2.94. The molecule has 1 aromatic rings. The molecule has 19 heavy (non-hydrogen) atoms. The maximum Gasteiger partial charge on any atom is 0.323 e. The van der Waals surface area contributed by atoms with Gasteiger partial charge in [-0.25, -0.2) is 0 Å². The summed E-state index contributed by atoms with van der Waals surface area (Å²) in [5.74, 6) is 1.11. The quantitative estimate of drug-likeness (QED) is 0.759. The van der Waals surface area contributed by atoms with Gasteiger partial charge in [0.2, 0.25) is 11.9 Å². The molecule has 0 radical (unpaired) electrons. The molecule has 0 amide bonds. The van der Waals surface area contributed by atoms with E-state index in [9.17, 15) is 0 Å². The molecule has 1 rings (SSSR count). The first kappa shape index (κ1) is 15.4. The van der Waals surface area contributed by atoms with E-state index in [1.165, 1.54) is 0 Å². The summed E-state index contributed by atoms with van der Waals surface area (Å²) in [5, 5.41) is 2.92. The average molecular weight is 269 g/mol. The lowest BCUT2D eigenvalue weighted by molar-refractivity contribution is 0.0855. The minimum Gasteiger partial charge on any atom is -0.458 e. The van der Waals surface area contributed by atoms with Crippen molar-refractivity contribution in [2.75, 3.05) is 44.1 Å². The Morgan fingerprint density at radius 1 is 1.21 bits per heavy atom. The third-order valence-electron chi connectivity index (χ3n) is 2.58. The van der Waals surface area contributed by atoms with Crippen molar-refractivity contribution in [1.29, 1.82) is 0 Å². The molecule has 7 nitrogen and oxygen atoms in total. The first-order chi connectivity index (χ1) is 9.14. The third-order valence-corrected chi connectivity index (χ3v) is 2.58. The van der Waals surface area contributed by atoms with E-state index in [-0.39, 0.29) is 6.10 Å². The van der Waals surface area contributed by atoms with Crippen LogP contribution in [0.2, 0.25) is 0 Å². The smallest absolute Gasteiger partial charge is 0.323 e. The Bertz CT molecular complexity index is 384.